The average molecular weight is 279 g/mol. The fourth-order valence-electron chi connectivity index (χ4n) is 1.52. The van der Waals surface area contributed by atoms with Crippen LogP contribution >= 0.6 is 11.3 Å². The van der Waals surface area contributed by atoms with Crippen LogP contribution in [0.5, 0.6) is 0 Å². The summed E-state index contributed by atoms with van der Waals surface area (Å²) in [6, 6.07) is 5.08. The quantitative estimate of drug-likeness (QED) is 0.906. The van der Waals surface area contributed by atoms with Gasteiger partial charge in [0, 0.05) is 12.6 Å². The van der Waals surface area contributed by atoms with Crippen LogP contribution < -0.4 is 5.32 Å². The topological polar surface area (TPSA) is 75.4 Å². The lowest BCUT2D eigenvalue weighted by Crippen LogP contribution is -2.37. The fourth-order valence-corrected chi connectivity index (χ4v) is 2.21. The summed E-state index contributed by atoms with van der Waals surface area (Å²) < 4.78 is 4.61. The predicted molar refractivity (Wildman–Crippen MR) is 71.0 cm³/mol. The Morgan fingerprint density at radius 2 is 2.32 bits per heavy atom. The molecule has 2 heterocycles. The molecule has 0 saturated heterocycles. The SMILES string of the molecule is CCN(CC(=O)Nc1ccon1)C(=O)c1cccs1. The minimum atomic E-state index is -0.305. The number of rotatable bonds is 5. The third-order valence-electron chi connectivity index (χ3n) is 2.44. The van der Waals surface area contributed by atoms with Crippen LogP contribution in [0.25, 0.3) is 0 Å². The Morgan fingerprint density at radius 3 is 2.89 bits per heavy atom. The van der Waals surface area contributed by atoms with Crippen molar-refractivity contribution in [3.63, 3.8) is 0 Å². The molecule has 0 bridgehead atoms. The highest BCUT2D eigenvalue weighted by Crippen LogP contribution is 2.12. The third kappa shape index (κ3) is 3.41. The molecule has 2 aromatic heterocycles. The number of nitrogens with zero attached hydrogens (tertiary/aromatic N) is 2. The third-order valence-corrected chi connectivity index (χ3v) is 3.30. The minimum Gasteiger partial charge on any atom is -0.363 e. The van der Waals surface area contributed by atoms with Gasteiger partial charge >= 0.3 is 0 Å². The van der Waals surface area contributed by atoms with Crippen LogP contribution in [0.3, 0.4) is 0 Å². The zero-order chi connectivity index (χ0) is 13.7. The summed E-state index contributed by atoms with van der Waals surface area (Å²) in [5.74, 6) is -0.113. The van der Waals surface area contributed by atoms with Crippen molar-refractivity contribution < 1.29 is 14.1 Å². The van der Waals surface area contributed by atoms with Gasteiger partial charge in [-0.3, -0.25) is 9.59 Å². The van der Waals surface area contributed by atoms with E-state index in [1.54, 1.807) is 12.1 Å². The summed E-state index contributed by atoms with van der Waals surface area (Å²) in [6.07, 6.45) is 1.37. The summed E-state index contributed by atoms with van der Waals surface area (Å²) in [5, 5.41) is 7.96. The standard InChI is InChI=1S/C12H13N3O3S/c1-2-15(12(17)9-4-3-7-19-9)8-11(16)13-10-5-6-18-14-10/h3-7H,2,8H2,1H3,(H,13,14,16). The number of carbonyl (C=O) groups excluding carboxylic acids is 2. The van der Waals surface area contributed by atoms with Gasteiger partial charge in [0.25, 0.3) is 5.91 Å². The van der Waals surface area contributed by atoms with E-state index in [0.29, 0.717) is 17.2 Å². The molecule has 7 heteroatoms. The average Bonchev–Trinajstić information content (AvgIpc) is 3.07. The van der Waals surface area contributed by atoms with Crippen molar-refractivity contribution in [2.45, 2.75) is 6.92 Å². The van der Waals surface area contributed by atoms with Gasteiger partial charge in [-0.15, -0.1) is 11.3 Å². The van der Waals surface area contributed by atoms with Crippen molar-refractivity contribution in [2.75, 3.05) is 18.4 Å². The Hall–Kier alpha value is -2.15. The molecule has 6 nitrogen and oxygen atoms in total. The molecule has 0 fully saturated rings. The van der Waals surface area contributed by atoms with E-state index in [0.717, 1.165) is 0 Å². The molecule has 19 heavy (non-hydrogen) atoms. The van der Waals surface area contributed by atoms with Crippen molar-refractivity contribution in [1.82, 2.24) is 10.1 Å². The van der Waals surface area contributed by atoms with Crippen LogP contribution in [-0.4, -0.2) is 35.0 Å². The normalized spacial score (nSPS) is 10.2. The molecular formula is C12H13N3O3S. The Kier molecular flexibility index (Phi) is 4.30. The van der Waals surface area contributed by atoms with Crippen molar-refractivity contribution in [2.24, 2.45) is 0 Å². The molecule has 100 valence electrons. The zero-order valence-electron chi connectivity index (χ0n) is 10.3. The number of aromatic nitrogens is 1. The van der Waals surface area contributed by atoms with Gasteiger partial charge in [-0.05, 0) is 18.4 Å². The Morgan fingerprint density at radius 1 is 1.47 bits per heavy atom. The molecule has 0 saturated carbocycles. The fraction of sp³-hybridized carbons (Fsp3) is 0.250. The minimum absolute atomic E-state index is 0.0138. The maximum atomic E-state index is 12.1. The van der Waals surface area contributed by atoms with E-state index < -0.39 is 0 Å². The summed E-state index contributed by atoms with van der Waals surface area (Å²) >= 11 is 1.36. The van der Waals surface area contributed by atoms with Crippen LogP contribution in [0.15, 0.2) is 34.4 Å². The van der Waals surface area contributed by atoms with Gasteiger partial charge in [0.2, 0.25) is 5.91 Å². The summed E-state index contributed by atoms with van der Waals surface area (Å²) in [4.78, 5) is 26.0. The molecule has 1 N–H and O–H groups in total. The summed E-state index contributed by atoms with van der Waals surface area (Å²) in [7, 11) is 0. The molecule has 0 atom stereocenters. The van der Waals surface area contributed by atoms with E-state index in [1.807, 2.05) is 12.3 Å². The first-order valence-electron chi connectivity index (χ1n) is 5.73. The first-order chi connectivity index (χ1) is 9.20. The molecule has 0 aliphatic heterocycles. The van der Waals surface area contributed by atoms with Crippen LogP contribution in [0.2, 0.25) is 0 Å². The monoisotopic (exact) mass is 279 g/mol. The van der Waals surface area contributed by atoms with E-state index in [-0.39, 0.29) is 18.4 Å². The number of thiophene rings is 1. The predicted octanol–water partition coefficient (Wildman–Crippen LogP) is 1.84. The van der Waals surface area contributed by atoms with E-state index in [9.17, 15) is 9.59 Å². The number of hydrogen-bond acceptors (Lipinski definition) is 5. The second-order valence-electron chi connectivity index (χ2n) is 3.73. The molecule has 2 aromatic rings. The van der Waals surface area contributed by atoms with Crippen LogP contribution in [0.1, 0.15) is 16.6 Å². The lowest BCUT2D eigenvalue weighted by molar-refractivity contribution is -0.116. The summed E-state index contributed by atoms with van der Waals surface area (Å²) in [6.45, 7) is 2.28. The van der Waals surface area contributed by atoms with Crippen molar-refractivity contribution >= 4 is 29.0 Å². The van der Waals surface area contributed by atoms with Crippen molar-refractivity contribution in [3.05, 3.63) is 34.7 Å². The maximum absolute atomic E-state index is 12.1. The highest BCUT2D eigenvalue weighted by atomic mass is 32.1. The van der Waals surface area contributed by atoms with Gasteiger partial charge in [-0.1, -0.05) is 11.2 Å². The highest BCUT2D eigenvalue weighted by Gasteiger charge is 2.18. The highest BCUT2D eigenvalue weighted by molar-refractivity contribution is 7.12. The van der Waals surface area contributed by atoms with Gasteiger partial charge in [-0.2, -0.15) is 0 Å². The summed E-state index contributed by atoms with van der Waals surface area (Å²) in [5.41, 5.74) is 0. The van der Waals surface area contributed by atoms with Gasteiger partial charge in [-0.25, -0.2) is 0 Å². The molecule has 2 rings (SSSR count). The number of likely N-dealkylation sites (N-methyl/N-ethyl adjacent to an activating group) is 1. The first-order valence-corrected chi connectivity index (χ1v) is 6.61. The first kappa shape index (κ1) is 13.3. The Labute approximate surface area is 114 Å². The lowest BCUT2D eigenvalue weighted by Gasteiger charge is -2.19. The number of amides is 2. The van der Waals surface area contributed by atoms with Crippen molar-refractivity contribution in [3.8, 4) is 0 Å². The molecule has 0 spiro atoms. The maximum Gasteiger partial charge on any atom is 0.264 e. The molecule has 0 aliphatic carbocycles. The lowest BCUT2D eigenvalue weighted by atomic mass is 10.3. The second kappa shape index (κ2) is 6.14. The van der Waals surface area contributed by atoms with Crippen molar-refractivity contribution in [1.29, 1.82) is 0 Å². The van der Waals surface area contributed by atoms with Crippen LogP contribution in [0.4, 0.5) is 5.82 Å². The largest absolute Gasteiger partial charge is 0.363 e. The number of nitrogens with one attached hydrogen (secondary N) is 1. The number of carbonyl (C=O) groups is 2. The van der Waals surface area contributed by atoms with Crippen LogP contribution in [-0.2, 0) is 4.79 Å². The van der Waals surface area contributed by atoms with Gasteiger partial charge in [0.1, 0.15) is 12.8 Å². The molecule has 2 amide bonds. The number of hydrogen-bond donors (Lipinski definition) is 1. The Balaban J connectivity index is 1.95. The van der Waals surface area contributed by atoms with Gasteiger partial charge in [0.05, 0.1) is 4.88 Å². The van der Waals surface area contributed by atoms with E-state index >= 15 is 0 Å². The molecule has 0 unspecified atom stereocenters. The smallest absolute Gasteiger partial charge is 0.264 e. The molecule has 0 radical (unpaired) electrons. The zero-order valence-corrected chi connectivity index (χ0v) is 11.1. The van der Waals surface area contributed by atoms with E-state index in [4.69, 9.17) is 0 Å². The molecule has 0 aliphatic rings. The van der Waals surface area contributed by atoms with Crippen LogP contribution in [0, 0.1) is 0 Å². The van der Waals surface area contributed by atoms with E-state index in [1.165, 1.54) is 28.6 Å². The molecular weight excluding hydrogens is 266 g/mol. The Bertz CT molecular complexity index is 537. The second-order valence-corrected chi connectivity index (χ2v) is 4.68. The van der Waals surface area contributed by atoms with E-state index in [2.05, 4.69) is 15.0 Å². The number of anilines is 1. The van der Waals surface area contributed by atoms with Gasteiger partial charge < -0.3 is 14.7 Å². The van der Waals surface area contributed by atoms with Gasteiger partial charge in [0.15, 0.2) is 5.82 Å². The molecule has 0 aromatic carbocycles.